The smallest absolute Gasteiger partial charge is 0.251 e. The highest BCUT2D eigenvalue weighted by Crippen LogP contribution is 2.30. The van der Waals surface area contributed by atoms with Crippen LogP contribution in [0.4, 0.5) is 11.4 Å². The predicted molar refractivity (Wildman–Crippen MR) is 126 cm³/mol. The third kappa shape index (κ3) is 5.66. The summed E-state index contributed by atoms with van der Waals surface area (Å²) < 4.78 is 5.31. The van der Waals surface area contributed by atoms with E-state index in [9.17, 15) is 9.59 Å². The van der Waals surface area contributed by atoms with Gasteiger partial charge in [0.25, 0.3) is 5.91 Å². The first-order valence-corrected chi connectivity index (χ1v) is 10.8. The number of benzene rings is 3. The second-order valence-electron chi connectivity index (χ2n) is 7.89. The van der Waals surface area contributed by atoms with Crippen LogP contribution in [0.3, 0.4) is 0 Å². The van der Waals surface area contributed by atoms with E-state index in [2.05, 4.69) is 16.0 Å². The fraction of sp³-hybridized carbons (Fsp3) is 0.231. The van der Waals surface area contributed by atoms with Crippen LogP contribution < -0.4 is 20.7 Å². The third-order valence-electron chi connectivity index (χ3n) is 5.44. The van der Waals surface area contributed by atoms with Gasteiger partial charge in [-0.05, 0) is 54.8 Å². The lowest BCUT2D eigenvalue weighted by atomic mass is 10.1. The summed E-state index contributed by atoms with van der Waals surface area (Å²) in [5.74, 6) is 0.791. The van der Waals surface area contributed by atoms with Gasteiger partial charge in [0, 0.05) is 35.5 Å². The Morgan fingerprint density at radius 1 is 0.938 bits per heavy atom. The van der Waals surface area contributed by atoms with Crippen molar-refractivity contribution < 1.29 is 14.3 Å². The van der Waals surface area contributed by atoms with Crippen molar-refractivity contribution in [2.45, 2.75) is 18.9 Å². The summed E-state index contributed by atoms with van der Waals surface area (Å²) in [6, 6.07) is 24.5. The van der Waals surface area contributed by atoms with Gasteiger partial charge in [-0.25, -0.2) is 0 Å². The molecular weight excluding hydrogens is 402 g/mol. The molecule has 6 nitrogen and oxygen atoms in total. The number of carbonyl (C=O) groups is 2. The van der Waals surface area contributed by atoms with Crippen LogP contribution in [0.5, 0.6) is 5.75 Å². The van der Waals surface area contributed by atoms with Crippen LogP contribution >= 0.6 is 0 Å². The van der Waals surface area contributed by atoms with Gasteiger partial charge in [-0.2, -0.15) is 0 Å². The molecule has 1 aliphatic rings. The Hall–Kier alpha value is -3.80. The highest BCUT2D eigenvalue weighted by molar-refractivity contribution is 5.96. The predicted octanol–water partition coefficient (Wildman–Crippen LogP) is 4.63. The quantitative estimate of drug-likeness (QED) is 0.463. The highest BCUT2D eigenvalue weighted by atomic mass is 16.5. The zero-order chi connectivity index (χ0) is 22.3. The molecule has 1 saturated carbocycles. The second kappa shape index (κ2) is 10.0. The van der Waals surface area contributed by atoms with Crippen LogP contribution in [0.2, 0.25) is 0 Å². The summed E-state index contributed by atoms with van der Waals surface area (Å²) in [6.07, 6.45) is 1.91. The van der Waals surface area contributed by atoms with E-state index >= 15 is 0 Å². The number of anilines is 2. The van der Waals surface area contributed by atoms with E-state index in [-0.39, 0.29) is 23.8 Å². The average molecular weight is 430 g/mol. The number of nitrogens with one attached hydrogen (secondary N) is 3. The van der Waals surface area contributed by atoms with Gasteiger partial charge in [0.05, 0.1) is 13.2 Å². The maximum Gasteiger partial charge on any atom is 0.251 e. The second-order valence-corrected chi connectivity index (χ2v) is 7.89. The van der Waals surface area contributed by atoms with E-state index in [1.54, 1.807) is 31.4 Å². The molecule has 0 bridgehead atoms. The van der Waals surface area contributed by atoms with E-state index in [1.165, 1.54) is 0 Å². The lowest BCUT2D eigenvalue weighted by Crippen LogP contribution is -2.31. The van der Waals surface area contributed by atoms with Gasteiger partial charge in [0.2, 0.25) is 5.91 Å². The Morgan fingerprint density at radius 2 is 1.69 bits per heavy atom. The van der Waals surface area contributed by atoms with Gasteiger partial charge in [-0.1, -0.05) is 36.4 Å². The lowest BCUT2D eigenvalue weighted by Gasteiger charge is -2.21. The van der Waals surface area contributed by atoms with Crippen molar-refractivity contribution >= 4 is 23.2 Å². The molecule has 3 N–H and O–H groups in total. The number of carbonyl (C=O) groups excluding carboxylic acids is 2. The van der Waals surface area contributed by atoms with Gasteiger partial charge < -0.3 is 20.7 Å². The summed E-state index contributed by atoms with van der Waals surface area (Å²) in [5, 5.41) is 9.38. The number of methoxy groups -OCH3 is 1. The largest absolute Gasteiger partial charge is 0.497 e. The van der Waals surface area contributed by atoms with Crippen LogP contribution in [0.25, 0.3) is 0 Å². The van der Waals surface area contributed by atoms with E-state index in [0.29, 0.717) is 17.8 Å². The minimum absolute atomic E-state index is 0.0523. The van der Waals surface area contributed by atoms with Crippen molar-refractivity contribution in [2.24, 2.45) is 5.92 Å². The Kier molecular flexibility index (Phi) is 6.70. The number of rotatable bonds is 9. The molecule has 0 radical (unpaired) electrons. The molecule has 0 saturated heterocycles. The maximum atomic E-state index is 12.7. The van der Waals surface area contributed by atoms with Gasteiger partial charge in [-0.3, -0.25) is 9.59 Å². The first-order chi connectivity index (χ1) is 15.6. The lowest BCUT2D eigenvalue weighted by molar-refractivity contribution is -0.117. The van der Waals surface area contributed by atoms with Crippen molar-refractivity contribution in [3.63, 3.8) is 0 Å². The fourth-order valence-electron chi connectivity index (χ4n) is 3.44. The van der Waals surface area contributed by atoms with E-state index in [1.807, 2.05) is 54.6 Å². The van der Waals surface area contributed by atoms with E-state index in [0.717, 1.165) is 29.8 Å². The van der Waals surface area contributed by atoms with Crippen LogP contribution in [-0.2, 0) is 4.79 Å². The van der Waals surface area contributed by atoms with Crippen molar-refractivity contribution in [3.8, 4) is 5.75 Å². The molecule has 164 valence electrons. The minimum Gasteiger partial charge on any atom is -0.497 e. The molecule has 3 aromatic rings. The summed E-state index contributed by atoms with van der Waals surface area (Å²) >= 11 is 0. The number of ether oxygens (including phenoxy) is 1. The molecule has 0 heterocycles. The zero-order valence-electron chi connectivity index (χ0n) is 18.0. The molecule has 1 unspecified atom stereocenters. The monoisotopic (exact) mass is 429 g/mol. The SMILES string of the molecule is COc1cccc(NC(CNC(=O)c2ccc(NC(=O)C3CC3)cc2)c2ccccc2)c1. The Labute approximate surface area is 188 Å². The van der Waals surface area contributed by atoms with Gasteiger partial charge >= 0.3 is 0 Å². The molecule has 32 heavy (non-hydrogen) atoms. The highest BCUT2D eigenvalue weighted by Gasteiger charge is 2.29. The zero-order valence-corrected chi connectivity index (χ0v) is 18.0. The van der Waals surface area contributed by atoms with E-state index < -0.39 is 0 Å². The standard InChI is InChI=1S/C26H27N3O3/c1-32-23-9-5-8-22(16-23)28-24(18-6-3-2-4-7-18)17-27-25(30)19-12-14-21(15-13-19)29-26(31)20-10-11-20/h2-9,12-16,20,24,28H,10-11,17H2,1H3,(H,27,30)(H,29,31). The van der Waals surface area contributed by atoms with Crippen LogP contribution in [0.1, 0.15) is 34.8 Å². The minimum atomic E-state index is -0.168. The molecule has 1 aliphatic carbocycles. The van der Waals surface area contributed by atoms with Crippen molar-refractivity contribution in [1.82, 2.24) is 5.32 Å². The molecule has 1 atom stereocenters. The Balaban J connectivity index is 1.40. The molecule has 4 rings (SSSR count). The molecule has 2 amide bonds. The summed E-state index contributed by atoms with van der Waals surface area (Å²) in [7, 11) is 1.64. The molecular formula is C26H27N3O3. The molecule has 0 aromatic heterocycles. The van der Waals surface area contributed by atoms with Crippen LogP contribution in [0, 0.1) is 5.92 Å². The fourth-order valence-corrected chi connectivity index (χ4v) is 3.44. The topological polar surface area (TPSA) is 79.5 Å². The first kappa shape index (κ1) is 21.4. The van der Waals surface area contributed by atoms with Crippen LogP contribution in [-0.4, -0.2) is 25.5 Å². The Bertz CT molecular complexity index is 1060. The van der Waals surface area contributed by atoms with Gasteiger partial charge in [0.1, 0.15) is 5.75 Å². The molecule has 0 aliphatic heterocycles. The van der Waals surface area contributed by atoms with E-state index in [4.69, 9.17) is 4.74 Å². The normalized spacial score (nSPS) is 13.7. The summed E-state index contributed by atoms with van der Waals surface area (Å²) in [4.78, 5) is 24.6. The number of amides is 2. The van der Waals surface area contributed by atoms with Crippen molar-refractivity contribution in [3.05, 3.63) is 90.0 Å². The number of hydrogen-bond acceptors (Lipinski definition) is 4. The molecule has 1 fully saturated rings. The van der Waals surface area contributed by atoms with Crippen molar-refractivity contribution in [2.75, 3.05) is 24.3 Å². The first-order valence-electron chi connectivity index (χ1n) is 10.8. The third-order valence-corrected chi connectivity index (χ3v) is 5.44. The average Bonchev–Trinajstić information content (AvgIpc) is 3.68. The summed E-state index contributed by atoms with van der Waals surface area (Å²) in [5.41, 5.74) is 3.22. The molecule has 0 spiro atoms. The van der Waals surface area contributed by atoms with Crippen LogP contribution in [0.15, 0.2) is 78.9 Å². The van der Waals surface area contributed by atoms with Crippen molar-refractivity contribution in [1.29, 1.82) is 0 Å². The van der Waals surface area contributed by atoms with Gasteiger partial charge in [0.15, 0.2) is 0 Å². The molecule has 6 heteroatoms. The van der Waals surface area contributed by atoms with Gasteiger partial charge in [-0.15, -0.1) is 0 Å². The maximum absolute atomic E-state index is 12.7. The molecule has 3 aromatic carbocycles. The summed E-state index contributed by atoms with van der Waals surface area (Å²) in [6.45, 7) is 0.403. The Morgan fingerprint density at radius 3 is 2.38 bits per heavy atom. The number of hydrogen-bond donors (Lipinski definition) is 3.